The molecule has 1 aromatic heterocycles. The molecule has 0 aromatic carbocycles. The fraction of sp³-hybridized carbons (Fsp3) is 0.500. The first-order valence-corrected chi connectivity index (χ1v) is 5.52. The molecule has 1 amide bonds. The van der Waals surface area contributed by atoms with Crippen molar-refractivity contribution in [2.24, 2.45) is 0 Å². The molecule has 0 aliphatic carbocycles. The fourth-order valence-corrected chi connectivity index (χ4v) is 1.37. The smallest absolute Gasteiger partial charge is 0.220 e. The zero-order chi connectivity index (χ0) is 11.8. The van der Waals surface area contributed by atoms with E-state index in [1.807, 2.05) is 25.1 Å². The zero-order valence-corrected chi connectivity index (χ0v) is 9.57. The average Bonchev–Trinajstić information content (AvgIpc) is 2.27. The van der Waals surface area contributed by atoms with Crippen molar-refractivity contribution in [3.05, 3.63) is 29.6 Å². The summed E-state index contributed by atoms with van der Waals surface area (Å²) in [5.41, 5.74) is 1.82. The van der Waals surface area contributed by atoms with Gasteiger partial charge in [-0.05, 0) is 31.9 Å². The molecule has 16 heavy (non-hydrogen) atoms. The van der Waals surface area contributed by atoms with Gasteiger partial charge in [0.05, 0.1) is 12.2 Å². The van der Waals surface area contributed by atoms with Gasteiger partial charge >= 0.3 is 0 Å². The molecule has 4 nitrogen and oxygen atoms in total. The first kappa shape index (κ1) is 12.6. The number of amides is 1. The number of nitrogens with zero attached hydrogens (tertiary/aromatic N) is 1. The lowest BCUT2D eigenvalue weighted by molar-refractivity contribution is -0.121. The van der Waals surface area contributed by atoms with Gasteiger partial charge in [-0.15, -0.1) is 0 Å². The van der Waals surface area contributed by atoms with Gasteiger partial charge in [-0.3, -0.25) is 9.78 Å². The molecule has 1 aromatic rings. The molecule has 0 aliphatic heterocycles. The topological polar surface area (TPSA) is 62.2 Å². The van der Waals surface area contributed by atoms with E-state index < -0.39 is 0 Å². The maximum Gasteiger partial charge on any atom is 0.220 e. The van der Waals surface area contributed by atoms with E-state index in [-0.39, 0.29) is 12.5 Å². The predicted molar refractivity (Wildman–Crippen MR) is 61.8 cm³/mol. The molecule has 0 saturated heterocycles. The summed E-state index contributed by atoms with van der Waals surface area (Å²) in [6.45, 7) is 2.54. The van der Waals surface area contributed by atoms with Gasteiger partial charge in [-0.1, -0.05) is 6.07 Å². The molecule has 0 unspecified atom stereocenters. The molecule has 1 heterocycles. The summed E-state index contributed by atoms with van der Waals surface area (Å²) in [5, 5.41) is 11.4. The third-order valence-corrected chi connectivity index (χ3v) is 2.22. The monoisotopic (exact) mass is 222 g/mol. The van der Waals surface area contributed by atoms with Gasteiger partial charge in [0.15, 0.2) is 0 Å². The maximum absolute atomic E-state index is 11.4. The van der Waals surface area contributed by atoms with Crippen LogP contribution in [0.5, 0.6) is 0 Å². The van der Waals surface area contributed by atoms with Crippen LogP contribution in [0.25, 0.3) is 0 Å². The van der Waals surface area contributed by atoms with Crippen molar-refractivity contribution >= 4 is 5.91 Å². The fourth-order valence-electron chi connectivity index (χ4n) is 1.37. The van der Waals surface area contributed by atoms with Crippen LogP contribution in [0.3, 0.4) is 0 Å². The van der Waals surface area contributed by atoms with Crippen molar-refractivity contribution < 1.29 is 9.90 Å². The van der Waals surface area contributed by atoms with Crippen LogP contribution in [0.15, 0.2) is 18.2 Å². The Kier molecular flexibility index (Phi) is 5.50. The number of carbonyl (C=O) groups is 1. The normalized spacial score (nSPS) is 10.1. The summed E-state index contributed by atoms with van der Waals surface area (Å²) >= 11 is 0. The SMILES string of the molecule is Cc1cccc(CNC(=O)CCCCO)n1. The molecule has 0 atom stereocenters. The molecule has 0 bridgehead atoms. The van der Waals surface area contributed by atoms with E-state index >= 15 is 0 Å². The van der Waals surface area contributed by atoms with Crippen LogP contribution >= 0.6 is 0 Å². The Morgan fingerprint density at radius 1 is 1.44 bits per heavy atom. The molecular weight excluding hydrogens is 204 g/mol. The number of hydrogen-bond acceptors (Lipinski definition) is 3. The van der Waals surface area contributed by atoms with Crippen molar-refractivity contribution in [3.63, 3.8) is 0 Å². The lowest BCUT2D eigenvalue weighted by Gasteiger charge is -2.04. The summed E-state index contributed by atoms with van der Waals surface area (Å²) in [4.78, 5) is 15.6. The zero-order valence-electron chi connectivity index (χ0n) is 9.57. The van der Waals surface area contributed by atoms with E-state index in [1.165, 1.54) is 0 Å². The summed E-state index contributed by atoms with van der Waals surface area (Å²) in [6.07, 6.45) is 1.87. The minimum atomic E-state index is 0.0109. The minimum Gasteiger partial charge on any atom is -0.396 e. The lowest BCUT2D eigenvalue weighted by atomic mass is 10.2. The Hall–Kier alpha value is -1.42. The number of aliphatic hydroxyl groups is 1. The van der Waals surface area contributed by atoms with E-state index in [1.54, 1.807) is 0 Å². The second-order valence-electron chi connectivity index (χ2n) is 3.73. The summed E-state index contributed by atoms with van der Waals surface area (Å²) in [6, 6.07) is 5.74. The van der Waals surface area contributed by atoms with Crippen LogP contribution in [-0.4, -0.2) is 22.6 Å². The van der Waals surface area contributed by atoms with Crippen LogP contribution in [0.4, 0.5) is 0 Å². The summed E-state index contributed by atoms with van der Waals surface area (Å²) < 4.78 is 0. The van der Waals surface area contributed by atoms with E-state index in [9.17, 15) is 4.79 Å². The highest BCUT2D eigenvalue weighted by Crippen LogP contribution is 1.99. The van der Waals surface area contributed by atoms with E-state index in [4.69, 9.17) is 5.11 Å². The Morgan fingerprint density at radius 3 is 2.94 bits per heavy atom. The van der Waals surface area contributed by atoms with Gasteiger partial charge in [0, 0.05) is 18.7 Å². The largest absolute Gasteiger partial charge is 0.396 e. The number of aromatic nitrogens is 1. The van der Waals surface area contributed by atoms with Crippen LogP contribution < -0.4 is 5.32 Å². The number of rotatable bonds is 6. The maximum atomic E-state index is 11.4. The molecular formula is C12H18N2O2. The number of unbranched alkanes of at least 4 members (excludes halogenated alkanes) is 1. The quantitative estimate of drug-likeness (QED) is 0.710. The molecule has 1 rings (SSSR count). The molecule has 2 N–H and O–H groups in total. The lowest BCUT2D eigenvalue weighted by Crippen LogP contribution is -2.23. The number of nitrogens with one attached hydrogen (secondary N) is 1. The molecule has 0 saturated carbocycles. The van der Waals surface area contributed by atoms with Crippen LogP contribution in [0.2, 0.25) is 0 Å². The summed E-state index contributed by atoms with van der Waals surface area (Å²) in [7, 11) is 0. The molecule has 0 fully saturated rings. The predicted octanol–water partition coefficient (Wildman–Crippen LogP) is 1.17. The molecule has 88 valence electrons. The van der Waals surface area contributed by atoms with Gasteiger partial charge < -0.3 is 10.4 Å². The second kappa shape index (κ2) is 6.95. The first-order chi connectivity index (χ1) is 7.72. The first-order valence-electron chi connectivity index (χ1n) is 5.52. The average molecular weight is 222 g/mol. The highest BCUT2D eigenvalue weighted by Gasteiger charge is 2.01. The van der Waals surface area contributed by atoms with Gasteiger partial charge in [-0.25, -0.2) is 0 Å². The van der Waals surface area contributed by atoms with Gasteiger partial charge in [-0.2, -0.15) is 0 Å². The van der Waals surface area contributed by atoms with E-state index in [2.05, 4.69) is 10.3 Å². The standard InChI is InChI=1S/C12H18N2O2/c1-10-5-4-6-11(14-10)9-13-12(16)7-2-3-8-15/h4-6,15H,2-3,7-9H2,1H3,(H,13,16). The highest BCUT2D eigenvalue weighted by molar-refractivity contribution is 5.75. The van der Waals surface area contributed by atoms with Crippen molar-refractivity contribution in [1.29, 1.82) is 0 Å². The van der Waals surface area contributed by atoms with Crippen LogP contribution in [-0.2, 0) is 11.3 Å². The number of carbonyl (C=O) groups excluding carboxylic acids is 1. The number of aryl methyl sites for hydroxylation is 1. The Morgan fingerprint density at radius 2 is 2.25 bits per heavy atom. The number of aliphatic hydroxyl groups excluding tert-OH is 1. The number of hydrogen-bond donors (Lipinski definition) is 2. The van der Waals surface area contributed by atoms with Gasteiger partial charge in [0.1, 0.15) is 0 Å². The third kappa shape index (κ3) is 4.89. The molecule has 4 heteroatoms. The van der Waals surface area contributed by atoms with Crippen LogP contribution in [0.1, 0.15) is 30.7 Å². The van der Waals surface area contributed by atoms with E-state index in [0.29, 0.717) is 19.4 Å². The van der Waals surface area contributed by atoms with Crippen LogP contribution in [0, 0.1) is 6.92 Å². The molecule has 0 aliphatic rings. The molecule has 0 radical (unpaired) electrons. The number of pyridine rings is 1. The molecule has 0 spiro atoms. The van der Waals surface area contributed by atoms with Crippen molar-refractivity contribution in [2.75, 3.05) is 6.61 Å². The summed E-state index contributed by atoms with van der Waals surface area (Å²) in [5.74, 6) is 0.0109. The van der Waals surface area contributed by atoms with Crippen molar-refractivity contribution in [1.82, 2.24) is 10.3 Å². The Labute approximate surface area is 95.7 Å². The van der Waals surface area contributed by atoms with Crippen molar-refractivity contribution in [3.8, 4) is 0 Å². The van der Waals surface area contributed by atoms with Gasteiger partial charge in [0.2, 0.25) is 5.91 Å². The Balaban J connectivity index is 2.26. The Bertz CT molecular complexity index is 340. The third-order valence-electron chi connectivity index (χ3n) is 2.22. The van der Waals surface area contributed by atoms with Gasteiger partial charge in [0.25, 0.3) is 0 Å². The highest BCUT2D eigenvalue weighted by atomic mass is 16.2. The van der Waals surface area contributed by atoms with E-state index in [0.717, 1.165) is 17.8 Å². The minimum absolute atomic E-state index is 0.0109. The second-order valence-corrected chi connectivity index (χ2v) is 3.73. The van der Waals surface area contributed by atoms with Crippen molar-refractivity contribution in [2.45, 2.75) is 32.7 Å².